The highest BCUT2D eigenvalue weighted by Gasteiger charge is 2.30. The van der Waals surface area contributed by atoms with Gasteiger partial charge in [-0.25, -0.2) is 0 Å². The van der Waals surface area contributed by atoms with Crippen molar-refractivity contribution in [2.24, 2.45) is 11.3 Å². The van der Waals surface area contributed by atoms with Gasteiger partial charge in [0.25, 0.3) is 0 Å². The maximum absolute atomic E-state index is 3.72. The molecule has 0 aromatic rings. The van der Waals surface area contributed by atoms with Gasteiger partial charge < -0.3 is 10.2 Å². The van der Waals surface area contributed by atoms with Crippen LogP contribution in [-0.4, -0.2) is 37.6 Å². The normalized spacial score (nSPS) is 18.4. The standard InChI is InChI=1S/C19H40N2/c1-6-19(7-2,15-20-14-17(3)4)16-21(5)18-12-10-8-9-11-13-18/h17-18,20H,6-16H2,1-5H3. The third kappa shape index (κ3) is 6.69. The zero-order valence-corrected chi connectivity index (χ0v) is 15.4. The molecule has 1 rings (SSSR count). The number of nitrogens with zero attached hydrogens (tertiary/aromatic N) is 1. The second-order valence-corrected chi connectivity index (χ2v) is 7.79. The highest BCUT2D eigenvalue weighted by molar-refractivity contribution is 4.85. The third-order valence-corrected chi connectivity index (χ3v) is 5.59. The molecule has 0 saturated heterocycles. The molecule has 2 heteroatoms. The van der Waals surface area contributed by atoms with Gasteiger partial charge in [-0.05, 0) is 50.6 Å². The third-order valence-electron chi connectivity index (χ3n) is 5.59. The Morgan fingerprint density at radius 3 is 2.10 bits per heavy atom. The van der Waals surface area contributed by atoms with Crippen molar-refractivity contribution in [2.45, 2.75) is 85.1 Å². The topological polar surface area (TPSA) is 15.3 Å². The van der Waals surface area contributed by atoms with Crippen LogP contribution in [0.25, 0.3) is 0 Å². The molecule has 1 aliphatic carbocycles. The van der Waals surface area contributed by atoms with E-state index in [2.05, 4.69) is 45.0 Å². The van der Waals surface area contributed by atoms with Crippen LogP contribution in [0.15, 0.2) is 0 Å². The Bertz CT molecular complexity index is 250. The molecule has 0 heterocycles. The fraction of sp³-hybridized carbons (Fsp3) is 1.00. The van der Waals surface area contributed by atoms with Crippen LogP contribution in [-0.2, 0) is 0 Å². The monoisotopic (exact) mass is 296 g/mol. The lowest BCUT2D eigenvalue weighted by Crippen LogP contribution is -2.46. The summed E-state index contributed by atoms with van der Waals surface area (Å²) in [7, 11) is 2.37. The first-order valence-corrected chi connectivity index (χ1v) is 9.44. The van der Waals surface area contributed by atoms with Crippen molar-refractivity contribution < 1.29 is 0 Å². The van der Waals surface area contributed by atoms with Gasteiger partial charge in [-0.15, -0.1) is 0 Å². The molecule has 0 aromatic heterocycles. The van der Waals surface area contributed by atoms with E-state index in [1.54, 1.807) is 0 Å². The molecule has 0 amide bonds. The fourth-order valence-corrected chi connectivity index (χ4v) is 3.76. The lowest BCUT2D eigenvalue weighted by molar-refractivity contribution is 0.113. The van der Waals surface area contributed by atoms with Crippen molar-refractivity contribution in [1.82, 2.24) is 10.2 Å². The number of hydrogen-bond acceptors (Lipinski definition) is 2. The van der Waals surface area contributed by atoms with Gasteiger partial charge in [0, 0.05) is 19.1 Å². The van der Waals surface area contributed by atoms with Gasteiger partial charge in [-0.2, -0.15) is 0 Å². The molecular formula is C19H40N2. The molecule has 0 aliphatic heterocycles. The first-order chi connectivity index (χ1) is 10.0. The number of rotatable bonds is 9. The van der Waals surface area contributed by atoms with Crippen LogP contribution in [0.2, 0.25) is 0 Å². The molecule has 21 heavy (non-hydrogen) atoms. The summed E-state index contributed by atoms with van der Waals surface area (Å²) < 4.78 is 0. The van der Waals surface area contributed by atoms with Crippen LogP contribution in [0.5, 0.6) is 0 Å². The first kappa shape index (κ1) is 19.0. The van der Waals surface area contributed by atoms with Gasteiger partial charge in [0.2, 0.25) is 0 Å². The van der Waals surface area contributed by atoms with E-state index in [0.717, 1.165) is 18.5 Å². The molecule has 0 atom stereocenters. The van der Waals surface area contributed by atoms with Gasteiger partial charge in [-0.1, -0.05) is 53.4 Å². The molecule has 126 valence electrons. The summed E-state index contributed by atoms with van der Waals surface area (Å²) in [5.41, 5.74) is 0.454. The van der Waals surface area contributed by atoms with E-state index in [9.17, 15) is 0 Å². The summed E-state index contributed by atoms with van der Waals surface area (Å²) in [6.07, 6.45) is 11.2. The lowest BCUT2D eigenvalue weighted by Gasteiger charge is -2.39. The Kier molecular flexibility index (Phi) is 8.89. The maximum atomic E-state index is 3.72. The van der Waals surface area contributed by atoms with Crippen molar-refractivity contribution in [1.29, 1.82) is 0 Å². The first-order valence-electron chi connectivity index (χ1n) is 9.44. The Labute approximate surface area is 134 Å². The summed E-state index contributed by atoms with van der Waals surface area (Å²) in [5.74, 6) is 0.746. The minimum atomic E-state index is 0.454. The van der Waals surface area contributed by atoms with Crippen LogP contribution in [0.1, 0.15) is 79.1 Å². The highest BCUT2D eigenvalue weighted by Crippen LogP contribution is 2.29. The minimum absolute atomic E-state index is 0.454. The maximum Gasteiger partial charge on any atom is 0.00924 e. The predicted octanol–water partition coefficient (Wildman–Crippen LogP) is 4.69. The van der Waals surface area contributed by atoms with Crippen LogP contribution in [0.4, 0.5) is 0 Å². The molecule has 1 saturated carbocycles. The number of hydrogen-bond donors (Lipinski definition) is 1. The van der Waals surface area contributed by atoms with E-state index in [-0.39, 0.29) is 0 Å². The van der Waals surface area contributed by atoms with Crippen molar-refractivity contribution in [3.63, 3.8) is 0 Å². The second-order valence-electron chi connectivity index (χ2n) is 7.79. The number of nitrogens with one attached hydrogen (secondary N) is 1. The zero-order chi connectivity index (χ0) is 15.7. The molecular weight excluding hydrogens is 256 g/mol. The summed E-state index contributed by atoms with van der Waals surface area (Å²) >= 11 is 0. The Morgan fingerprint density at radius 1 is 1.05 bits per heavy atom. The van der Waals surface area contributed by atoms with Crippen LogP contribution in [0, 0.1) is 11.3 Å². The van der Waals surface area contributed by atoms with E-state index in [0.29, 0.717) is 5.41 Å². The van der Waals surface area contributed by atoms with E-state index in [1.807, 2.05) is 0 Å². The van der Waals surface area contributed by atoms with Crippen LogP contribution >= 0.6 is 0 Å². The molecule has 0 unspecified atom stereocenters. The second kappa shape index (κ2) is 9.84. The minimum Gasteiger partial charge on any atom is -0.316 e. The van der Waals surface area contributed by atoms with E-state index in [4.69, 9.17) is 0 Å². The van der Waals surface area contributed by atoms with E-state index < -0.39 is 0 Å². The molecule has 0 spiro atoms. The van der Waals surface area contributed by atoms with Crippen LogP contribution < -0.4 is 5.32 Å². The molecule has 1 N–H and O–H groups in total. The van der Waals surface area contributed by atoms with E-state index >= 15 is 0 Å². The quantitative estimate of drug-likeness (QED) is 0.621. The van der Waals surface area contributed by atoms with Gasteiger partial charge in [0.1, 0.15) is 0 Å². The zero-order valence-electron chi connectivity index (χ0n) is 15.4. The van der Waals surface area contributed by atoms with Crippen LogP contribution in [0.3, 0.4) is 0 Å². The van der Waals surface area contributed by atoms with Crippen molar-refractivity contribution in [3.05, 3.63) is 0 Å². The average Bonchev–Trinajstić information content (AvgIpc) is 2.75. The van der Waals surface area contributed by atoms with Crippen molar-refractivity contribution >= 4 is 0 Å². The average molecular weight is 297 g/mol. The molecule has 0 radical (unpaired) electrons. The summed E-state index contributed by atoms with van der Waals surface area (Å²) in [5, 5.41) is 3.72. The summed E-state index contributed by atoms with van der Waals surface area (Å²) in [6.45, 7) is 12.9. The van der Waals surface area contributed by atoms with E-state index in [1.165, 1.54) is 64.5 Å². The molecule has 0 aromatic carbocycles. The van der Waals surface area contributed by atoms with Crippen molar-refractivity contribution in [2.75, 3.05) is 26.7 Å². The Morgan fingerprint density at radius 2 is 1.62 bits per heavy atom. The molecule has 1 aliphatic rings. The Hall–Kier alpha value is -0.0800. The lowest BCUT2D eigenvalue weighted by atomic mass is 9.81. The highest BCUT2D eigenvalue weighted by atomic mass is 15.1. The SMILES string of the molecule is CCC(CC)(CNCC(C)C)CN(C)C1CCCCCC1. The predicted molar refractivity (Wildman–Crippen MR) is 94.8 cm³/mol. The van der Waals surface area contributed by atoms with Crippen molar-refractivity contribution in [3.8, 4) is 0 Å². The smallest absolute Gasteiger partial charge is 0.00924 e. The summed E-state index contributed by atoms with van der Waals surface area (Å²) in [4.78, 5) is 2.69. The Balaban J connectivity index is 2.53. The van der Waals surface area contributed by atoms with Gasteiger partial charge in [-0.3, -0.25) is 0 Å². The largest absolute Gasteiger partial charge is 0.316 e. The molecule has 2 nitrogen and oxygen atoms in total. The fourth-order valence-electron chi connectivity index (χ4n) is 3.76. The van der Waals surface area contributed by atoms with Gasteiger partial charge in [0.15, 0.2) is 0 Å². The molecule has 0 bridgehead atoms. The van der Waals surface area contributed by atoms with Gasteiger partial charge >= 0.3 is 0 Å². The van der Waals surface area contributed by atoms with Gasteiger partial charge in [0.05, 0.1) is 0 Å². The summed E-state index contributed by atoms with van der Waals surface area (Å²) in [6, 6.07) is 0.829. The molecule has 1 fully saturated rings.